The third kappa shape index (κ3) is 5.13. The summed E-state index contributed by atoms with van der Waals surface area (Å²) in [6, 6.07) is 3.67. The highest BCUT2D eigenvalue weighted by atomic mass is 16.6. The van der Waals surface area contributed by atoms with Crippen LogP contribution in [0, 0.1) is 0 Å². The smallest absolute Gasteiger partial charge is 0.407 e. The van der Waals surface area contributed by atoms with Crippen molar-refractivity contribution in [3.8, 4) is 11.4 Å². The van der Waals surface area contributed by atoms with Gasteiger partial charge in [0.15, 0.2) is 0 Å². The molecule has 1 aliphatic heterocycles. The number of alkyl carbamates (subject to hydrolysis) is 1. The molecule has 0 aliphatic carbocycles. The van der Waals surface area contributed by atoms with E-state index in [9.17, 15) is 9.59 Å². The van der Waals surface area contributed by atoms with Gasteiger partial charge in [-0.1, -0.05) is 0 Å². The second kappa shape index (κ2) is 7.87. The number of ether oxygens (including phenoxy) is 1. The van der Waals surface area contributed by atoms with Crippen LogP contribution in [-0.2, 0) is 17.7 Å². The fourth-order valence-electron chi connectivity index (χ4n) is 2.95. The van der Waals surface area contributed by atoms with E-state index < -0.39 is 11.7 Å². The summed E-state index contributed by atoms with van der Waals surface area (Å²) in [5.41, 5.74) is 1.69. The van der Waals surface area contributed by atoms with E-state index in [2.05, 4.69) is 25.2 Å². The molecule has 3 heterocycles. The van der Waals surface area contributed by atoms with Crippen LogP contribution in [0.2, 0.25) is 0 Å². The van der Waals surface area contributed by atoms with Crippen molar-refractivity contribution in [2.45, 2.75) is 39.3 Å². The number of nitrogens with one attached hydrogen (secondary N) is 2. The Morgan fingerprint density at radius 2 is 2.22 bits per heavy atom. The van der Waals surface area contributed by atoms with E-state index in [0.29, 0.717) is 31.9 Å². The quantitative estimate of drug-likeness (QED) is 0.849. The number of carbonyl (C=O) groups excluding carboxylic acids is 1. The Bertz CT molecular complexity index is 858. The number of amides is 1. The van der Waals surface area contributed by atoms with Gasteiger partial charge in [0.05, 0.1) is 5.69 Å². The molecule has 0 fully saturated rings. The SMILES string of the molecule is CC(C)(C)OC(=O)NCCN1CCc2c(nc(-c3cccnc3)[nH]c2=O)C1. The number of hydrogen-bond donors (Lipinski definition) is 2. The Hall–Kier alpha value is -2.74. The number of aromatic amines is 1. The van der Waals surface area contributed by atoms with Gasteiger partial charge in [-0.3, -0.25) is 14.7 Å². The monoisotopic (exact) mass is 371 g/mol. The van der Waals surface area contributed by atoms with Crippen molar-refractivity contribution >= 4 is 6.09 Å². The lowest BCUT2D eigenvalue weighted by atomic mass is 10.1. The first kappa shape index (κ1) is 19.0. The molecule has 8 nitrogen and oxygen atoms in total. The molecule has 27 heavy (non-hydrogen) atoms. The van der Waals surface area contributed by atoms with E-state index in [1.807, 2.05) is 32.9 Å². The van der Waals surface area contributed by atoms with Gasteiger partial charge >= 0.3 is 6.09 Å². The van der Waals surface area contributed by atoms with Crippen molar-refractivity contribution < 1.29 is 9.53 Å². The maximum absolute atomic E-state index is 12.4. The Morgan fingerprint density at radius 1 is 1.41 bits per heavy atom. The minimum Gasteiger partial charge on any atom is -0.444 e. The molecule has 2 aromatic heterocycles. The van der Waals surface area contributed by atoms with Crippen LogP contribution in [0.15, 0.2) is 29.3 Å². The molecule has 0 saturated heterocycles. The number of rotatable bonds is 4. The average molecular weight is 371 g/mol. The molecular weight excluding hydrogens is 346 g/mol. The summed E-state index contributed by atoms with van der Waals surface area (Å²) in [5, 5.41) is 2.76. The van der Waals surface area contributed by atoms with Gasteiger partial charge in [-0.05, 0) is 39.3 Å². The van der Waals surface area contributed by atoms with E-state index >= 15 is 0 Å². The van der Waals surface area contributed by atoms with Gasteiger partial charge in [0.1, 0.15) is 11.4 Å². The zero-order valence-electron chi connectivity index (χ0n) is 15.9. The molecule has 0 bridgehead atoms. The Labute approximate surface area is 158 Å². The van der Waals surface area contributed by atoms with Crippen molar-refractivity contribution in [3.63, 3.8) is 0 Å². The highest BCUT2D eigenvalue weighted by Crippen LogP contribution is 2.17. The normalized spacial score (nSPS) is 14.5. The van der Waals surface area contributed by atoms with Crippen molar-refractivity contribution in [3.05, 3.63) is 46.1 Å². The number of nitrogens with zero attached hydrogens (tertiary/aromatic N) is 3. The predicted molar refractivity (Wildman–Crippen MR) is 101 cm³/mol. The molecule has 144 valence electrons. The van der Waals surface area contributed by atoms with Crippen LogP contribution in [0.25, 0.3) is 11.4 Å². The highest BCUT2D eigenvalue weighted by molar-refractivity contribution is 5.67. The van der Waals surface area contributed by atoms with Crippen LogP contribution in [0.5, 0.6) is 0 Å². The van der Waals surface area contributed by atoms with Gasteiger partial charge in [-0.2, -0.15) is 0 Å². The molecule has 0 spiro atoms. The third-order valence-electron chi connectivity index (χ3n) is 4.18. The molecule has 1 amide bonds. The number of aromatic nitrogens is 3. The Kier molecular flexibility index (Phi) is 5.55. The largest absolute Gasteiger partial charge is 0.444 e. The van der Waals surface area contributed by atoms with Gasteiger partial charge in [-0.25, -0.2) is 9.78 Å². The van der Waals surface area contributed by atoms with Crippen molar-refractivity contribution in [2.75, 3.05) is 19.6 Å². The molecule has 0 radical (unpaired) electrons. The lowest BCUT2D eigenvalue weighted by Crippen LogP contribution is -2.41. The van der Waals surface area contributed by atoms with E-state index in [4.69, 9.17) is 4.74 Å². The number of hydrogen-bond acceptors (Lipinski definition) is 6. The molecular formula is C19H25N5O3. The summed E-state index contributed by atoms with van der Waals surface area (Å²) < 4.78 is 5.23. The Balaban J connectivity index is 1.63. The van der Waals surface area contributed by atoms with E-state index in [1.54, 1.807) is 12.4 Å². The molecule has 2 N–H and O–H groups in total. The molecule has 1 aliphatic rings. The third-order valence-corrected chi connectivity index (χ3v) is 4.18. The lowest BCUT2D eigenvalue weighted by molar-refractivity contribution is 0.0521. The zero-order chi connectivity index (χ0) is 19.4. The van der Waals surface area contributed by atoms with Crippen molar-refractivity contribution in [1.29, 1.82) is 0 Å². The van der Waals surface area contributed by atoms with Crippen LogP contribution in [-0.4, -0.2) is 51.2 Å². The molecule has 3 rings (SSSR count). The molecule has 0 unspecified atom stereocenters. The first-order valence-corrected chi connectivity index (χ1v) is 9.03. The summed E-state index contributed by atoms with van der Waals surface area (Å²) in [6.07, 6.45) is 3.57. The molecule has 0 aromatic carbocycles. The number of H-pyrrole nitrogens is 1. The zero-order valence-corrected chi connectivity index (χ0v) is 15.9. The summed E-state index contributed by atoms with van der Waals surface area (Å²) in [4.78, 5) is 37.8. The topological polar surface area (TPSA) is 100 Å². The van der Waals surface area contributed by atoms with Crippen LogP contribution < -0.4 is 10.9 Å². The van der Waals surface area contributed by atoms with Crippen LogP contribution >= 0.6 is 0 Å². The summed E-state index contributed by atoms with van der Waals surface area (Å²) in [6.45, 7) is 7.95. The fraction of sp³-hybridized carbons (Fsp3) is 0.474. The number of carbonyl (C=O) groups is 1. The Morgan fingerprint density at radius 3 is 2.93 bits per heavy atom. The standard InChI is InChI=1S/C19H25N5O3/c1-19(2,3)27-18(26)21-8-10-24-9-6-14-15(12-24)22-16(23-17(14)25)13-5-4-7-20-11-13/h4-5,7,11H,6,8-10,12H2,1-3H3,(H,21,26)(H,22,23,25). The highest BCUT2D eigenvalue weighted by Gasteiger charge is 2.22. The van der Waals surface area contributed by atoms with Crippen molar-refractivity contribution in [1.82, 2.24) is 25.2 Å². The van der Waals surface area contributed by atoms with Crippen molar-refractivity contribution in [2.24, 2.45) is 0 Å². The summed E-state index contributed by atoms with van der Waals surface area (Å²) in [7, 11) is 0. The van der Waals surface area contributed by atoms with Crippen LogP contribution in [0.3, 0.4) is 0 Å². The first-order chi connectivity index (χ1) is 12.8. The van der Waals surface area contributed by atoms with Gasteiger partial charge < -0.3 is 15.0 Å². The second-order valence-electron chi connectivity index (χ2n) is 7.54. The van der Waals surface area contributed by atoms with Gasteiger partial charge in [-0.15, -0.1) is 0 Å². The summed E-state index contributed by atoms with van der Waals surface area (Å²) in [5.74, 6) is 0.528. The maximum Gasteiger partial charge on any atom is 0.407 e. The molecule has 0 saturated carbocycles. The predicted octanol–water partition coefficient (Wildman–Crippen LogP) is 1.71. The lowest BCUT2D eigenvalue weighted by Gasteiger charge is -2.28. The van der Waals surface area contributed by atoms with Crippen LogP contribution in [0.1, 0.15) is 32.0 Å². The van der Waals surface area contributed by atoms with E-state index in [-0.39, 0.29) is 5.56 Å². The average Bonchev–Trinajstić information content (AvgIpc) is 2.60. The van der Waals surface area contributed by atoms with E-state index in [0.717, 1.165) is 23.4 Å². The van der Waals surface area contributed by atoms with Gasteiger partial charge in [0, 0.05) is 49.7 Å². The molecule has 0 atom stereocenters. The second-order valence-corrected chi connectivity index (χ2v) is 7.54. The van der Waals surface area contributed by atoms with Crippen LogP contribution in [0.4, 0.5) is 4.79 Å². The number of pyridine rings is 1. The first-order valence-electron chi connectivity index (χ1n) is 9.03. The summed E-state index contributed by atoms with van der Waals surface area (Å²) >= 11 is 0. The van der Waals surface area contributed by atoms with E-state index in [1.165, 1.54) is 0 Å². The molecule has 2 aromatic rings. The fourth-order valence-corrected chi connectivity index (χ4v) is 2.95. The minimum absolute atomic E-state index is 0.0922. The van der Waals surface area contributed by atoms with Gasteiger partial charge in [0.25, 0.3) is 5.56 Å². The van der Waals surface area contributed by atoms with Gasteiger partial charge in [0.2, 0.25) is 0 Å². The maximum atomic E-state index is 12.4. The minimum atomic E-state index is -0.512. The number of fused-ring (bicyclic) bond motifs is 1. The molecule has 8 heteroatoms.